The summed E-state index contributed by atoms with van der Waals surface area (Å²) in [7, 11) is 1.45. The number of anilines is 4. The second-order valence-corrected chi connectivity index (χ2v) is 14.5. The van der Waals surface area contributed by atoms with Crippen LogP contribution < -0.4 is 19.9 Å². The summed E-state index contributed by atoms with van der Waals surface area (Å²) in [5.41, 5.74) is 3.02. The number of allylic oxidation sites excluding steroid dienone is 2. The fourth-order valence-corrected chi connectivity index (χ4v) is 9.23. The third-order valence-electron chi connectivity index (χ3n) is 11.1. The smallest absolute Gasteiger partial charge is 0.241 e. The van der Waals surface area contributed by atoms with Gasteiger partial charge in [-0.05, 0) is 108 Å². The molecule has 2 N–H and O–H groups in total. The Morgan fingerprint density at radius 3 is 2.12 bits per heavy atom. The minimum absolute atomic E-state index is 0.0834. The van der Waals surface area contributed by atoms with Crippen LogP contribution in [-0.2, 0) is 19.2 Å². The van der Waals surface area contributed by atoms with Gasteiger partial charge in [0.1, 0.15) is 0 Å². The predicted octanol–water partition coefficient (Wildman–Crippen LogP) is 7.34. The molecule has 10 heteroatoms. The lowest BCUT2D eigenvalue weighted by Gasteiger charge is -2.49. The first-order valence-electron chi connectivity index (χ1n) is 16.6. The molecule has 3 fully saturated rings. The van der Waals surface area contributed by atoms with Gasteiger partial charge >= 0.3 is 0 Å². The molecule has 4 amide bonds. The molecule has 252 valence electrons. The zero-order valence-electron chi connectivity index (χ0n) is 27.4. The highest BCUT2D eigenvalue weighted by Gasteiger charge is 2.67. The maximum absolute atomic E-state index is 14.6. The number of phenolic OH excluding ortho intramolecular Hbond substituents is 1. The first-order chi connectivity index (χ1) is 24.1. The van der Waals surface area contributed by atoms with Crippen molar-refractivity contribution in [1.82, 2.24) is 0 Å². The van der Waals surface area contributed by atoms with E-state index in [2.05, 4.69) is 21.2 Å². The molecule has 4 aliphatic rings. The molecular weight excluding hydrogens is 698 g/mol. The van der Waals surface area contributed by atoms with Gasteiger partial charge in [-0.25, -0.2) is 4.90 Å². The monoisotopic (exact) mass is 731 g/mol. The number of imide groups is 2. The molecule has 0 radical (unpaired) electrons. The Labute approximate surface area is 297 Å². The number of nitrogens with one attached hydrogen (secondary N) is 1. The van der Waals surface area contributed by atoms with E-state index >= 15 is 0 Å². The van der Waals surface area contributed by atoms with Gasteiger partial charge in [0.25, 0.3) is 0 Å². The molecule has 0 aromatic heterocycles. The van der Waals surface area contributed by atoms with Gasteiger partial charge in [-0.3, -0.25) is 24.1 Å². The van der Waals surface area contributed by atoms with Crippen LogP contribution in [0.15, 0.2) is 113 Å². The summed E-state index contributed by atoms with van der Waals surface area (Å²) >= 11 is 3.46. The van der Waals surface area contributed by atoms with Crippen LogP contribution in [0.4, 0.5) is 22.7 Å². The lowest BCUT2D eigenvalue weighted by Crippen LogP contribution is -2.48. The van der Waals surface area contributed by atoms with E-state index in [4.69, 9.17) is 4.74 Å². The topological polar surface area (TPSA) is 116 Å². The van der Waals surface area contributed by atoms with Gasteiger partial charge < -0.3 is 15.2 Å². The number of fused-ring (bicyclic) bond motifs is 4. The van der Waals surface area contributed by atoms with Crippen LogP contribution in [0.5, 0.6) is 11.5 Å². The highest BCUT2D eigenvalue weighted by Crippen LogP contribution is 2.64. The molecule has 4 aromatic carbocycles. The van der Waals surface area contributed by atoms with Crippen LogP contribution in [-0.4, -0.2) is 35.8 Å². The quantitative estimate of drug-likeness (QED) is 0.158. The molecule has 9 nitrogen and oxygen atoms in total. The van der Waals surface area contributed by atoms with Gasteiger partial charge in [-0.15, -0.1) is 0 Å². The molecule has 50 heavy (non-hydrogen) atoms. The average Bonchev–Trinajstić information content (AvgIpc) is 3.50. The molecule has 2 aliphatic heterocycles. The summed E-state index contributed by atoms with van der Waals surface area (Å²) < 4.78 is 5.89. The Morgan fingerprint density at radius 1 is 0.800 bits per heavy atom. The van der Waals surface area contributed by atoms with Crippen LogP contribution in [0.3, 0.4) is 0 Å². The number of ether oxygens (including phenoxy) is 1. The van der Waals surface area contributed by atoms with Crippen molar-refractivity contribution >= 4 is 62.3 Å². The number of rotatable bonds is 6. The zero-order valence-corrected chi connectivity index (χ0v) is 29.0. The summed E-state index contributed by atoms with van der Waals surface area (Å²) in [4.78, 5) is 60.1. The Balaban J connectivity index is 1.19. The number of nitrogens with zero attached hydrogens (tertiary/aromatic N) is 2. The van der Waals surface area contributed by atoms with E-state index in [0.717, 1.165) is 16.9 Å². The Bertz CT molecular complexity index is 2090. The number of para-hydroxylation sites is 2. The van der Waals surface area contributed by atoms with Gasteiger partial charge in [0.2, 0.25) is 23.6 Å². The van der Waals surface area contributed by atoms with Crippen LogP contribution in [0.2, 0.25) is 0 Å². The lowest BCUT2D eigenvalue weighted by atomic mass is 9.51. The van der Waals surface area contributed by atoms with E-state index in [9.17, 15) is 24.3 Å². The first kappa shape index (κ1) is 32.0. The van der Waals surface area contributed by atoms with Crippen molar-refractivity contribution in [3.63, 3.8) is 0 Å². The Hall–Kier alpha value is -5.22. The summed E-state index contributed by atoms with van der Waals surface area (Å²) in [6.07, 6.45) is 2.58. The number of phenols is 1. The van der Waals surface area contributed by atoms with Crippen LogP contribution in [0.1, 0.15) is 31.2 Å². The molecule has 4 aromatic rings. The van der Waals surface area contributed by atoms with Gasteiger partial charge in [0.05, 0.1) is 46.1 Å². The molecule has 2 saturated heterocycles. The highest BCUT2D eigenvalue weighted by molar-refractivity contribution is 9.10. The minimum atomic E-state index is -1.21. The average molecular weight is 733 g/mol. The van der Waals surface area contributed by atoms with E-state index < -0.39 is 35.0 Å². The van der Waals surface area contributed by atoms with Crippen molar-refractivity contribution in [1.29, 1.82) is 0 Å². The van der Waals surface area contributed by atoms with E-state index in [0.29, 0.717) is 27.8 Å². The zero-order chi connectivity index (χ0) is 34.9. The van der Waals surface area contributed by atoms with Crippen molar-refractivity contribution in [2.24, 2.45) is 29.1 Å². The normalized spacial score (nSPS) is 27.1. The number of carbonyl (C=O) groups excluding carboxylic acids is 4. The van der Waals surface area contributed by atoms with E-state index in [1.54, 1.807) is 48.5 Å². The third kappa shape index (κ3) is 4.72. The second kappa shape index (κ2) is 12.0. The number of hydrogen-bond donors (Lipinski definition) is 2. The molecule has 2 heterocycles. The van der Waals surface area contributed by atoms with Crippen molar-refractivity contribution in [3.8, 4) is 11.5 Å². The maximum atomic E-state index is 14.6. The largest absolute Gasteiger partial charge is 0.503 e. The Morgan fingerprint density at radius 2 is 1.44 bits per heavy atom. The van der Waals surface area contributed by atoms with Crippen molar-refractivity contribution in [2.45, 2.75) is 25.7 Å². The molecule has 8 rings (SSSR count). The third-order valence-corrected chi connectivity index (χ3v) is 11.7. The maximum Gasteiger partial charge on any atom is 0.241 e. The summed E-state index contributed by atoms with van der Waals surface area (Å²) in [5.74, 6) is -4.25. The van der Waals surface area contributed by atoms with Gasteiger partial charge in [-0.2, -0.15) is 0 Å². The highest BCUT2D eigenvalue weighted by atomic mass is 79.9. The number of benzene rings is 4. The van der Waals surface area contributed by atoms with Gasteiger partial charge in [0.15, 0.2) is 11.5 Å². The number of hydrogen-bond acceptors (Lipinski definition) is 7. The molecule has 2 aliphatic carbocycles. The molecule has 0 bridgehead atoms. The van der Waals surface area contributed by atoms with Crippen LogP contribution >= 0.6 is 15.9 Å². The fourth-order valence-electron chi connectivity index (χ4n) is 8.77. The first-order valence-corrected chi connectivity index (χ1v) is 17.4. The van der Waals surface area contributed by atoms with Crippen molar-refractivity contribution < 1.29 is 29.0 Å². The van der Waals surface area contributed by atoms with E-state index in [1.165, 1.54) is 16.9 Å². The van der Waals surface area contributed by atoms with E-state index in [1.807, 2.05) is 61.5 Å². The van der Waals surface area contributed by atoms with Crippen molar-refractivity contribution in [3.05, 3.63) is 119 Å². The lowest BCUT2D eigenvalue weighted by molar-refractivity contribution is -0.131. The van der Waals surface area contributed by atoms with Crippen molar-refractivity contribution in [2.75, 3.05) is 22.2 Å². The summed E-state index contributed by atoms with van der Waals surface area (Å²) in [6, 6.07) is 29.3. The summed E-state index contributed by atoms with van der Waals surface area (Å²) in [5, 5.41) is 14.0. The van der Waals surface area contributed by atoms with Crippen LogP contribution in [0, 0.1) is 29.1 Å². The molecule has 0 unspecified atom stereocenters. The van der Waals surface area contributed by atoms with Gasteiger partial charge in [-0.1, -0.05) is 48.0 Å². The molecule has 0 spiro atoms. The minimum Gasteiger partial charge on any atom is -0.503 e. The molecule has 6 atom stereocenters. The predicted molar refractivity (Wildman–Crippen MR) is 192 cm³/mol. The molecule has 1 saturated carbocycles. The summed E-state index contributed by atoms with van der Waals surface area (Å²) in [6.45, 7) is 1.83. The molecular formula is C40H34BrN3O6. The standard InChI is InChI=1S/C40H34BrN3O6/c1-40-30(37(47)44(39(40)49)25-11-7-4-8-12-25)21-29-27(34(40)22-19-31(41)35(45)32(20-22)50-2)17-18-28-33(29)38(48)43(36(28)46)26-15-13-24(14-16-26)42-23-9-5-3-6-10-23/h3-17,19-20,28-30,33-34,42,45H,18,21H2,1-2H3/t28-,29+,30-,33-,34-,40+/m0/s1. The SMILES string of the molecule is COc1cc([C@H]2C3=CC[C@@H]4C(=O)N(c5ccc(Nc6ccccc6)cc5)C(=O)[C@@H]4[C@@H]3C[C@H]3C(=O)N(c4ccccc4)C(=O)[C@@]23C)cc(Br)c1O. The number of amides is 4. The van der Waals surface area contributed by atoms with E-state index in [-0.39, 0.29) is 41.5 Å². The number of aromatic hydroxyl groups is 1. The number of halogens is 1. The Kier molecular flexibility index (Phi) is 7.67. The number of carbonyl (C=O) groups is 4. The fraction of sp³-hybridized carbons (Fsp3) is 0.250. The van der Waals surface area contributed by atoms with Gasteiger partial charge in [0, 0.05) is 17.3 Å². The van der Waals surface area contributed by atoms with Crippen LogP contribution in [0.25, 0.3) is 0 Å². The second-order valence-electron chi connectivity index (χ2n) is 13.6. The number of methoxy groups -OCH3 is 1.